The first-order valence-electron chi connectivity index (χ1n) is 9.19. The van der Waals surface area contributed by atoms with Crippen molar-refractivity contribution in [3.8, 4) is 0 Å². The van der Waals surface area contributed by atoms with Crippen molar-refractivity contribution in [3.63, 3.8) is 0 Å². The molecule has 4 heteroatoms. The fourth-order valence-electron chi connectivity index (χ4n) is 4.41. The maximum absolute atomic E-state index is 12.9. The van der Waals surface area contributed by atoms with Crippen molar-refractivity contribution in [2.75, 3.05) is 24.5 Å². The van der Waals surface area contributed by atoms with Gasteiger partial charge in [-0.1, -0.05) is 18.2 Å². The lowest BCUT2D eigenvalue weighted by Gasteiger charge is -2.36. The van der Waals surface area contributed by atoms with E-state index >= 15 is 0 Å². The van der Waals surface area contributed by atoms with Gasteiger partial charge in [-0.15, -0.1) is 0 Å². The predicted octanol–water partition coefficient (Wildman–Crippen LogP) is 3.07. The van der Waals surface area contributed by atoms with Crippen molar-refractivity contribution < 1.29 is 4.79 Å². The second-order valence-electron chi connectivity index (χ2n) is 7.61. The van der Waals surface area contributed by atoms with Crippen LogP contribution in [0.25, 0.3) is 10.9 Å². The molecule has 6 rings (SSSR count). The minimum Gasteiger partial charge on any atom is -0.368 e. The number of rotatable bonds is 3. The zero-order valence-corrected chi connectivity index (χ0v) is 13.9. The highest BCUT2D eigenvalue weighted by molar-refractivity contribution is 5.92. The van der Waals surface area contributed by atoms with Crippen LogP contribution in [0.1, 0.15) is 25.7 Å². The molecule has 4 aliphatic rings. The first-order chi connectivity index (χ1) is 11.8. The summed E-state index contributed by atoms with van der Waals surface area (Å²) in [4.78, 5) is 22.0. The Morgan fingerprint density at radius 1 is 1.04 bits per heavy atom. The minimum atomic E-state index is 0.162. The molecule has 0 radical (unpaired) electrons. The molecule has 2 bridgehead atoms. The standard InChI is InChI=1S/C20H23N3O/c24-20-15-7-8-16(23(20)11-14-5-6-14)13-22(12-15)19-9-10-21-18-4-2-1-3-17(18)19/h1-4,9-10,14-16H,5-8,11-13H2/t15-,16+/m0/s1. The minimum absolute atomic E-state index is 0.162. The van der Waals surface area contributed by atoms with Crippen molar-refractivity contribution in [1.82, 2.24) is 9.88 Å². The molecular weight excluding hydrogens is 298 g/mol. The number of amides is 1. The summed E-state index contributed by atoms with van der Waals surface area (Å²) in [6.45, 7) is 2.80. The van der Waals surface area contributed by atoms with E-state index in [9.17, 15) is 4.79 Å². The molecule has 0 spiro atoms. The summed E-state index contributed by atoms with van der Waals surface area (Å²) in [5.41, 5.74) is 2.27. The topological polar surface area (TPSA) is 36.4 Å². The molecule has 4 fully saturated rings. The Morgan fingerprint density at radius 3 is 2.79 bits per heavy atom. The van der Waals surface area contributed by atoms with Crippen LogP contribution in [0.15, 0.2) is 36.5 Å². The molecule has 1 aliphatic carbocycles. The molecule has 2 atom stereocenters. The van der Waals surface area contributed by atoms with E-state index in [4.69, 9.17) is 0 Å². The number of nitrogens with zero attached hydrogens (tertiary/aromatic N) is 3. The SMILES string of the molecule is O=C1[C@H]2CC[C@H](CN(c3ccnc4ccccc34)C2)N1CC1CC1. The molecule has 4 heterocycles. The maximum Gasteiger partial charge on any atom is 0.227 e. The van der Waals surface area contributed by atoms with E-state index in [0.29, 0.717) is 11.9 Å². The van der Waals surface area contributed by atoms with E-state index in [2.05, 4.69) is 39.0 Å². The largest absolute Gasteiger partial charge is 0.368 e. The quantitative estimate of drug-likeness (QED) is 0.872. The van der Waals surface area contributed by atoms with Crippen LogP contribution in [0.3, 0.4) is 0 Å². The Hall–Kier alpha value is -2.10. The van der Waals surface area contributed by atoms with Crippen molar-refractivity contribution >= 4 is 22.5 Å². The summed E-state index contributed by atoms with van der Waals surface area (Å²) >= 11 is 0. The zero-order valence-electron chi connectivity index (χ0n) is 13.9. The predicted molar refractivity (Wildman–Crippen MR) is 94.9 cm³/mol. The molecule has 24 heavy (non-hydrogen) atoms. The van der Waals surface area contributed by atoms with E-state index in [1.54, 1.807) is 0 Å². The van der Waals surface area contributed by atoms with Crippen LogP contribution in [-0.2, 0) is 4.79 Å². The van der Waals surface area contributed by atoms with Gasteiger partial charge < -0.3 is 9.80 Å². The average molecular weight is 321 g/mol. The smallest absolute Gasteiger partial charge is 0.227 e. The number of piperidine rings is 1. The lowest BCUT2D eigenvalue weighted by atomic mass is 9.94. The molecule has 0 N–H and O–H groups in total. The van der Waals surface area contributed by atoms with Crippen LogP contribution in [0, 0.1) is 11.8 Å². The van der Waals surface area contributed by atoms with E-state index in [1.807, 2.05) is 12.3 Å². The molecule has 3 saturated heterocycles. The van der Waals surface area contributed by atoms with E-state index in [-0.39, 0.29) is 5.92 Å². The number of carbonyl (C=O) groups excluding carboxylic acids is 1. The van der Waals surface area contributed by atoms with Crippen LogP contribution >= 0.6 is 0 Å². The van der Waals surface area contributed by atoms with Gasteiger partial charge in [-0.05, 0) is 43.7 Å². The summed E-state index contributed by atoms with van der Waals surface area (Å²) in [7, 11) is 0. The Bertz CT molecular complexity index is 780. The first-order valence-corrected chi connectivity index (χ1v) is 9.19. The number of anilines is 1. The Balaban J connectivity index is 1.50. The number of para-hydroxylation sites is 1. The number of carbonyl (C=O) groups is 1. The molecule has 2 aromatic rings. The van der Waals surface area contributed by atoms with Gasteiger partial charge >= 0.3 is 0 Å². The zero-order chi connectivity index (χ0) is 16.1. The summed E-state index contributed by atoms with van der Waals surface area (Å²) in [6, 6.07) is 10.8. The van der Waals surface area contributed by atoms with Gasteiger partial charge in [0.15, 0.2) is 0 Å². The molecule has 1 saturated carbocycles. The van der Waals surface area contributed by atoms with Gasteiger partial charge in [0.05, 0.1) is 11.4 Å². The third-order valence-electron chi connectivity index (χ3n) is 5.91. The van der Waals surface area contributed by atoms with Gasteiger partial charge in [-0.3, -0.25) is 9.78 Å². The third kappa shape index (κ3) is 2.36. The highest BCUT2D eigenvalue weighted by atomic mass is 16.2. The van der Waals surface area contributed by atoms with Gasteiger partial charge in [0, 0.05) is 42.9 Å². The first kappa shape index (κ1) is 14.3. The molecule has 124 valence electrons. The van der Waals surface area contributed by atoms with Crippen LogP contribution < -0.4 is 4.90 Å². The maximum atomic E-state index is 12.9. The molecule has 4 nitrogen and oxygen atoms in total. The summed E-state index contributed by atoms with van der Waals surface area (Å²) < 4.78 is 0. The normalized spacial score (nSPS) is 26.9. The lowest BCUT2D eigenvalue weighted by Crippen LogP contribution is -2.48. The van der Waals surface area contributed by atoms with Gasteiger partial charge in [-0.25, -0.2) is 0 Å². The van der Waals surface area contributed by atoms with Crippen molar-refractivity contribution in [3.05, 3.63) is 36.5 Å². The van der Waals surface area contributed by atoms with Gasteiger partial charge in [0.2, 0.25) is 5.91 Å². The molecular formula is C20H23N3O. The van der Waals surface area contributed by atoms with E-state index in [1.165, 1.54) is 23.9 Å². The van der Waals surface area contributed by atoms with Crippen LogP contribution in [0.2, 0.25) is 0 Å². The second-order valence-corrected chi connectivity index (χ2v) is 7.61. The monoisotopic (exact) mass is 321 g/mol. The van der Waals surface area contributed by atoms with Crippen molar-refractivity contribution in [1.29, 1.82) is 0 Å². The average Bonchev–Trinajstić information content (AvgIpc) is 3.45. The number of pyridine rings is 1. The van der Waals surface area contributed by atoms with Gasteiger partial charge in [-0.2, -0.15) is 0 Å². The number of hydrogen-bond donors (Lipinski definition) is 0. The van der Waals surface area contributed by atoms with Crippen LogP contribution in [0.4, 0.5) is 5.69 Å². The van der Waals surface area contributed by atoms with Crippen LogP contribution in [-0.4, -0.2) is 41.5 Å². The highest BCUT2D eigenvalue weighted by Crippen LogP contribution is 2.37. The Kier molecular flexibility index (Phi) is 3.25. The molecule has 0 unspecified atom stereocenters. The Morgan fingerprint density at radius 2 is 1.92 bits per heavy atom. The van der Waals surface area contributed by atoms with Crippen molar-refractivity contribution in [2.24, 2.45) is 11.8 Å². The fourth-order valence-corrected chi connectivity index (χ4v) is 4.41. The van der Waals surface area contributed by atoms with E-state index < -0.39 is 0 Å². The van der Waals surface area contributed by atoms with E-state index in [0.717, 1.165) is 43.9 Å². The van der Waals surface area contributed by atoms with Gasteiger partial charge in [0.1, 0.15) is 0 Å². The van der Waals surface area contributed by atoms with Crippen molar-refractivity contribution in [2.45, 2.75) is 31.7 Å². The summed E-state index contributed by atoms with van der Waals surface area (Å²) in [6.07, 6.45) is 6.71. The molecule has 3 aliphatic heterocycles. The van der Waals surface area contributed by atoms with Crippen LogP contribution in [0.5, 0.6) is 0 Å². The number of hydrogen-bond acceptors (Lipinski definition) is 3. The lowest BCUT2D eigenvalue weighted by molar-refractivity contribution is -0.140. The number of aromatic nitrogens is 1. The molecule has 1 aromatic heterocycles. The number of benzene rings is 1. The molecule has 1 aromatic carbocycles. The highest BCUT2D eigenvalue weighted by Gasteiger charge is 2.42. The number of fused-ring (bicyclic) bond motifs is 5. The van der Waals surface area contributed by atoms with Gasteiger partial charge in [0.25, 0.3) is 0 Å². The Labute approximate surface area is 142 Å². The fraction of sp³-hybridized carbons (Fsp3) is 0.500. The summed E-state index contributed by atoms with van der Waals surface area (Å²) in [5, 5.41) is 1.20. The summed E-state index contributed by atoms with van der Waals surface area (Å²) in [5.74, 6) is 1.33. The third-order valence-corrected chi connectivity index (χ3v) is 5.91. The molecule has 1 amide bonds. The second kappa shape index (κ2) is 5.47.